The van der Waals surface area contributed by atoms with Crippen molar-refractivity contribution in [3.63, 3.8) is 0 Å². The highest BCUT2D eigenvalue weighted by atomic mass is 16.3. The fourth-order valence-corrected chi connectivity index (χ4v) is 6.17. The molecule has 258 valence electrons. The van der Waals surface area contributed by atoms with Crippen LogP contribution in [0.25, 0.3) is 21.9 Å². The predicted octanol–water partition coefficient (Wildman–Crippen LogP) is 3.90. The third-order valence-electron chi connectivity index (χ3n) is 8.80. The number of nitrogen functional groups attached to an aromatic ring is 1. The summed E-state index contributed by atoms with van der Waals surface area (Å²) in [4.78, 5) is 38.2. The van der Waals surface area contributed by atoms with Crippen LogP contribution in [0, 0.1) is 5.41 Å². The molecule has 0 radical (unpaired) electrons. The Bertz CT molecular complexity index is 2290. The lowest BCUT2D eigenvalue weighted by molar-refractivity contribution is 0.0755. The third-order valence-corrected chi connectivity index (χ3v) is 8.80. The van der Waals surface area contributed by atoms with Crippen LogP contribution in [-0.2, 0) is 19.5 Å². The molecular formula is C36H39N9O5. The van der Waals surface area contributed by atoms with E-state index in [9.17, 15) is 24.9 Å². The number of carbonyl (C=O) groups excluding carboxylic acids is 1. The molecule has 0 spiro atoms. The number of aromatic amines is 2. The number of rotatable bonds is 10. The van der Waals surface area contributed by atoms with Gasteiger partial charge in [-0.1, -0.05) is 26.0 Å². The molecule has 0 aliphatic rings. The minimum atomic E-state index is -1.59. The Morgan fingerprint density at radius 2 is 1.78 bits per heavy atom. The zero-order valence-corrected chi connectivity index (χ0v) is 27.8. The molecule has 3 aromatic carbocycles. The van der Waals surface area contributed by atoms with Gasteiger partial charge in [-0.15, -0.1) is 0 Å². The number of phenols is 2. The molecule has 6 rings (SSSR count). The van der Waals surface area contributed by atoms with Crippen LogP contribution in [0.2, 0.25) is 0 Å². The number of aromatic nitrogens is 4. The van der Waals surface area contributed by atoms with Gasteiger partial charge in [-0.3, -0.25) is 30.6 Å². The van der Waals surface area contributed by atoms with Gasteiger partial charge in [0.25, 0.3) is 11.5 Å². The summed E-state index contributed by atoms with van der Waals surface area (Å²) in [7, 11) is 1.72. The molecule has 6 aromatic rings. The maximum absolute atomic E-state index is 13.4. The molecule has 10 N–H and O–H groups in total. The maximum atomic E-state index is 13.4. The second-order valence-corrected chi connectivity index (χ2v) is 12.6. The van der Waals surface area contributed by atoms with Crippen molar-refractivity contribution >= 4 is 45.3 Å². The van der Waals surface area contributed by atoms with Crippen LogP contribution in [0.5, 0.6) is 11.5 Å². The molecule has 0 aliphatic carbocycles. The van der Waals surface area contributed by atoms with Gasteiger partial charge in [-0.25, -0.2) is 0 Å². The summed E-state index contributed by atoms with van der Waals surface area (Å²) in [5.41, 5.74) is 16.0. The van der Waals surface area contributed by atoms with Crippen molar-refractivity contribution in [2.75, 3.05) is 17.7 Å². The van der Waals surface area contributed by atoms with Crippen LogP contribution >= 0.6 is 0 Å². The number of nitrogens with zero attached hydrogens (tertiary/aromatic N) is 4. The standard InChI is InChI=1S/C36H39N9O5/c1-19(2)25-15-26(29(47)16-28(25)46)31(37)45(36(39)50)24-10-11-27-22(14-24)12-13-44(27)18-43(3)34(49)21-7-4-20(5-8-21)6-9-23-17-40-32-30(23)33(48)42-35(38)41-32/h4-5,7-8,10-17,19,36-37,46-47,50H,6,9,18,39H2,1-3H3,(H4,38,40,41,42,48). The second kappa shape index (κ2) is 13.4. The average molecular weight is 678 g/mol. The second-order valence-electron chi connectivity index (χ2n) is 12.6. The van der Waals surface area contributed by atoms with Gasteiger partial charge in [0.05, 0.1) is 17.6 Å². The Balaban J connectivity index is 1.14. The number of amidine groups is 1. The van der Waals surface area contributed by atoms with Gasteiger partial charge < -0.3 is 35.5 Å². The summed E-state index contributed by atoms with van der Waals surface area (Å²) >= 11 is 0. The van der Waals surface area contributed by atoms with Crippen molar-refractivity contribution in [3.05, 3.63) is 111 Å². The van der Waals surface area contributed by atoms with E-state index in [0.29, 0.717) is 40.7 Å². The SMILES string of the molecule is CC(C)c1cc(C(=N)N(c2ccc3c(ccn3CN(C)C(=O)c3ccc(CCc4c[nH]c5nc(N)[nH]c(=O)c45)cc3)c2)C(N)O)c(O)cc1O. The Morgan fingerprint density at radius 1 is 1.04 bits per heavy atom. The molecule has 0 saturated carbocycles. The number of fused-ring (bicyclic) bond motifs is 2. The lowest BCUT2D eigenvalue weighted by Crippen LogP contribution is -2.46. The lowest BCUT2D eigenvalue weighted by Gasteiger charge is -2.29. The first-order chi connectivity index (χ1) is 23.8. The minimum absolute atomic E-state index is 0.0582. The van der Waals surface area contributed by atoms with Gasteiger partial charge in [-0.05, 0) is 77.9 Å². The molecule has 14 heteroatoms. The van der Waals surface area contributed by atoms with E-state index in [4.69, 9.17) is 16.9 Å². The van der Waals surface area contributed by atoms with Gasteiger partial charge in [0.2, 0.25) is 5.95 Å². The highest BCUT2D eigenvalue weighted by Crippen LogP contribution is 2.34. The summed E-state index contributed by atoms with van der Waals surface area (Å²) in [6.45, 7) is 4.02. The zero-order valence-electron chi connectivity index (χ0n) is 27.8. The molecule has 1 amide bonds. The van der Waals surface area contributed by atoms with Crippen LogP contribution in [0.4, 0.5) is 11.6 Å². The van der Waals surface area contributed by atoms with E-state index >= 15 is 0 Å². The summed E-state index contributed by atoms with van der Waals surface area (Å²) in [5, 5.41) is 41.4. The molecule has 14 nitrogen and oxygen atoms in total. The van der Waals surface area contributed by atoms with E-state index < -0.39 is 6.35 Å². The summed E-state index contributed by atoms with van der Waals surface area (Å²) in [6.07, 6.45) is 3.27. The third kappa shape index (κ3) is 6.49. The fourth-order valence-electron chi connectivity index (χ4n) is 6.17. The topological polar surface area (TPSA) is 227 Å². The molecule has 0 saturated heterocycles. The first kappa shape index (κ1) is 33.8. The lowest BCUT2D eigenvalue weighted by atomic mass is 9.98. The van der Waals surface area contributed by atoms with Crippen LogP contribution in [-0.4, -0.2) is 64.9 Å². The molecule has 0 aliphatic heterocycles. The molecule has 0 bridgehead atoms. The number of carbonyl (C=O) groups is 1. The number of hydrogen-bond donors (Lipinski definition) is 8. The number of H-pyrrole nitrogens is 2. The number of aliphatic hydroxyl groups excluding tert-OH is 1. The van der Waals surface area contributed by atoms with E-state index in [2.05, 4.69) is 15.0 Å². The molecule has 1 atom stereocenters. The number of amides is 1. The number of nitrogens with one attached hydrogen (secondary N) is 3. The van der Waals surface area contributed by atoms with E-state index in [1.165, 1.54) is 17.0 Å². The van der Waals surface area contributed by atoms with E-state index in [0.717, 1.165) is 22.0 Å². The van der Waals surface area contributed by atoms with Gasteiger partial charge in [0.1, 0.15) is 23.0 Å². The van der Waals surface area contributed by atoms with Crippen molar-refractivity contribution in [1.82, 2.24) is 24.4 Å². The fraction of sp³-hybridized carbons (Fsp3) is 0.222. The molecular weight excluding hydrogens is 638 g/mol. The monoisotopic (exact) mass is 677 g/mol. The quantitative estimate of drug-likeness (QED) is 0.0597. The Hall–Kier alpha value is -6.12. The first-order valence-corrected chi connectivity index (χ1v) is 16.0. The molecule has 1 unspecified atom stereocenters. The molecule has 3 aromatic heterocycles. The van der Waals surface area contributed by atoms with Gasteiger partial charge in [-0.2, -0.15) is 4.98 Å². The highest BCUT2D eigenvalue weighted by Gasteiger charge is 2.24. The van der Waals surface area contributed by atoms with Crippen molar-refractivity contribution in [1.29, 1.82) is 5.41 Å². The van der Waals surface area contributed by atoms with E-state index in [1.54, 1.807) is 42.4 Å². The predicted molar refractivity (Wildman–Crippen MR) is 192 cm³/mol. The van der Waals surface area contributed by atoms with E-state index in [1.807, 2.05) is 48.9 Å². The normalized spacial score (nSPS) is 12.1. The smallest absolute Gasteiger partial charge is 0.262 e. The Kier molecular flexibility index (Phi) is 9.06. The van der Waals surface area contributed by atoms with Gasteiger partial charge >= 0.3 is 0 Å². The average Bonchev–Trinajstić information content (AvgIpc) is 3.66. The summed E-state index contributed by atoms with van der Waals surface area (Å²) in [6, 6.07) is 17.2. The highest BCUT2D eigenvalue weighted by molar-refractivity contribution is 6.10. The maximum Gasteiger partial charge on any atom is 0.262 e. The number of hydrogen-bond acceptors (Lipinski definition) is 9. The first-order valence-electron chi connectivity index (χ1n) is 16.0. The van der Waals surface area contributed by atoms with Crippen LogP contribution in [0.3, 0.4) is 0 Å². The number of aliphatic hydroxyl groups is 1. The summed E-state index contributed by atoms with van der Waals surface area (Å²) in [5.74, 6) is -0.826. The van der Waals surface area contributed by atoms with Gasteiger partial charge in [0, 0.05) is 47.7 Å². The van der Waals surface area contributed by atoms with Gasteiger partial charge in [0.15, 0.2) is 6.35 Å². The van der Waals surface area contributed by atoms with Crippen LogP contribution in [0.15, 0.2) is 77.9 Å². The molecule has 3 heterocycles. The number of anilines is 2. The number of nitrogens with two attached hydrogens (primary N) is 2. The minimum Gasteiger partial charge on any atom is -0.508 e. The summed E-state index contributed by atoms with van der Waals surface area (Å²) < 4.78 is 1.91. The number of phenolic OH excluding ortho intramolecular Hbond substituents is 2. The number of aromatic hydroxyl groups is 2. The van der Waals surface area contributed by atoms with Crippen molar-refractivity contribution in [3.8, 4) is 11.5 Å². The van der Waals surface area contributed by atoms with Crippen molar-refractivity contribution in [2.45, 2.75) is 45.6 Å². The molecule has 50 heavy (non-hydrogen) atoms. The largest absolute Gasteiger partial charge is 0.508 e. The molecule has 0 fully saturated rings. The van der Waals surface area contributed by atoms with Crippen molar-refractivity contribution < 1.29 is 20.1 Å². The van der Waals surface area contributed by atoms with Crippen LogP contribution in [0.1, 0.15) is 52.4 Å². The Labute approximate surface area is 286 Å². The van der Waals surface area contributed by atoms with Crippen LogP contribution < -0.4 is 21.9 Å². The number of benzene rings is 3. The van der Waals surface area contributed by atoms with E-state index in [-0.39, 0.29) is 52.9 Å². The van der Waals surface area contributed by atoms with Crippen molar-refractivity contribution in [2.24, 2.45) is 5.73 Å². The Morgan fingerprint density at radius 3 is 2.48 bits per heavy atom. The number of aryl methyl sites for hydroxylation is 2. The zero-order chi connectivity index (χ0) is 35.9.